The molecule has 4 nitrogen and oxygen atoms in total. The molecule has 0 unspecified atom stereocenters. The highest BCUT2D eigenvalue weighted by Crippen LogP contribution is 2.30. The molecule has 1 aromatic heterocycles. The molecule has 3 rings (SSSR count). The summed E-state index contributed by atoms with van der Waals surface area (Å²) < 4.78 is 38.0. The number of carbonyl (C=O) groups is 1. The minimum Gasteiger partial charge on any atom is -0.355 e. The Morgan fingerprint density at radius 3 is 2.50 bits per heavy atom. The average molecular weight is 369 g/mol. The van der Waals surface area contributed by atoms with E-state index in [1.807, 2.05) is 9.80 Å². The predicted octanol–water partition coefficient (Wildman–Crippen LogP) is 4.11. The van der Waals surface area contributed by atoms with Crippen LogP contribution in [0.3, 0.4) is 0 Å². The van der Waals surface area contributed by atoms with Crippen LogP contribution in [0, 0.1) is 5.92 Å². The van der Waals surface area contributed by atoms with E-state index in [2.05, 4.69) is 4.98 Å². The molecule has 1 aliphatic carbocycles. The standard InChI is InChI=1S/C19H26F3N3O/c20-19(21,22)16-7-8-17(23-14-16)24-10-3-11-25(13-12-24)18(26)9-6-15-4-1-2-5-15/h7-8,14-15H,1-6,9-13H2. The van der Waals surface area contributed by atoms with E-state index in [9.17, 15) is 18.0 Å². The van der Waals surface area contributed by atoms with Gasteiger partial charge in [-0.25, -0.2) is 4.98 Å². The summed E-state index contributed by atoms with van der Waals surface area (Å²) in [4.78, 5) is 20.3. The number of aromatic nitrogens is 1. The van der Waals surface area contributed by atoms with Gasteiger partial charge in [0.15, 0.2) is 0 Å². The van der Waals surface area contributed by atoms with E-state index in [4.69, 9.17) is 0 Å². The van der Waals surface area contributed by atoms with Crippen LogP contribution in [0.15, 0.2) is 18.3 Å². The number of amides is 1. The number of carbonyl (C=O) groups excluding carboxylic acids is 1. The van der Waals surface area contributed by atoms with Gasteiger partial charge in [0.1, 0.15) is 5.82 Å². The minimum absolute atomic E-state index is 0.208. The van der Waals surface area contributed by atoms with Gasteiger partial charge < -0.3 is 9.80 Å². The van der Waals surface area contributed by atoms with E-state index in [1.165, 1.54) is 31.7 Å². The maximum atomic E-state index is 12.7. The molecule has 26 heavy (non-hydrogen) atoms. The maximum absolute atomic E-state index is 12.7. The fraction of sp³-hybridized carbons (Fsp3) is 0.684. The van der Waals surface area contributed by atoms with Crippen molar-refractivity contribution < 1.29 is 18.0 Å². The van der Waals surface area contributed by atoms with Crippen LogP contribution in [0.5, 0.6) is 0 Å². The van der Waals surface area contributed by atoms with Crippen molar-refractivity contribution in [1.82, 2.24) is 9.88 Å². The normalized spacial score (nSPS) is 19.7. The molecule has 2 heterocycles. The van der Waals surface area contributed by atoms with E-state index in [0.717, 1.165) is 25.1 Å². The summed E-state index contributed by atoms with van der Waals surface area (Å²) in [7, 11) is 0. The number of anilines is 1. The van der Waals surface area contributed by atoms with Crippen molar-refractivity contribution in [3.63, 3.8) is 0 Å². The van der Waals surface area contributed by atoms with Crippen molar-refractivity contribution in [1.29, 1.82) is 0 Å². The molecular formula is C19H26F3N3O. The van der Waals surface area contributed by atoms with Gasteiger partial charge in [-0.3, -0.25) is 4.79 Å². The summed E-state index contributed by atoms with van der Waals surface area (Å²) in [5.41, 5.74) is -0.736. The number of hydrogen-bond donors (Lipinski definition) is 0. The van der Waals surface area contributed by atoms with E-state index in [1.54, 1.807) is 0 Å². The summed E-state index contributed by atoms with van der Waals surface area (Å²) in [6.45, 7) is 2.62. The second-order valence-electron chi connectivity index (χ2n) is 7.31. The minimum atomic E-state index is -4.37. The fourth-order valence-corrected chi connectivity index (χ4v) is 3.92. The van der Waals surface area contributed by atoms with Crippen molar-refractivity contribution in [2.24, 2.45) is 5.92 Å². The lowest BCUT2D eigenvalue weighted by Crippen LogP contribution is -2.35. The molecule has 0 N–H and O–H groups in total. The van der Waals surface area contributed by atoms with Crippen LogP contribution in [0.4, 0.5) is 19.0 Å². The highest BCUT2D eigenvalue weighted by atomic mass is 19.4. The van der Waals surface area contributed by atoms with E-state index < -0.39 is 11.7 Å². The van der Waals surface area contributed by atoms with Gasteiger partial charge >= 0.3 is 6.18 Å². The second-order valence-corrected chi connectivity index (χ2v) is 7.31. The summed E-state index contributed by atoms with van der Waals surface area (Å²) >= 11 is 0. The molecule has 2 aliphatic rings. The molecule has 0 aromatic carbocycles. The third kappa shape index (κ3) is 4.89. The molecule has 0 spiro atoms. The van der Waals surface area contributed by atoms with Crippen molar-refractivity contribution in [3.8, 4) is 0 Å². The Balaban J connectivity index is 1.51. The highest BCUT2D eigenvalue weighted by molar-refractivity contribution is 5.76. The molecule has 2 fully saturated rings. The van der Waals surface area contributed by atoms with Crippen LogP contribution < -0.4 is 4.90 Å². The SMILES string of the molecule is O=C(CCC1CCCC1)N1CCCN(c2ccc(C(F)(F)F)cn2)CC1. The van der Waals surface area contributed by atoms with Gasteiger partial charge in [0.2, 0.25) is 5.91 Å². The van der Waals surface area contributed by atoms with Gasteiger partial charge in [-0.2, -0.15) is 13.2 Å². The van der Waals surface area contributed by atoms with Crippen LogP contribution >= 0.6 is 0 Å². The first-order valence-corrected chi connectivity index (χ1v) is 9.49. The Hall–Kier alpha value is -1.79. The quantitative estimate of drug-likeness (QED) is 0.801. The van der Waals surface area contributed by atoms with Gasteiger partial charge in [-0.05, 0) is 30.9 Å². The topological polar surface area (TPSA) is 36.4 Å². The van der Waals surface area contributed by atoms with Crippen LogP contribution in [0.25, 0.3) is 0 Å². The summed E-state index contributed by atoms with van der Waals surface area (Å²) in [6, 6.07) is 2.48. The zero-order valence-electron chi connectivity index (χ0n) is 15.0. The number of hydrogen-bond acceptors (Lipinski definition) is 3. The van der Waals surface area contributed by atoms with Gasteiger partial charge in [-0.15, -0.1) is 0 Å². The first kappa shape index (κ1) is 19.0. The Labute approximate surface area is 152 Å². The molecular weight excluding hydrogens is 343 g/mol. The van der Waals surface area contributed by atoms with E-state index >= 15 is 0 Å². The first-order valence-electron chi connectivity index (χ1n) is 9.49. The molecule has 7 heteroatoms. The number of pyridine rings is 1. The van der Waals surface area contributed by atoms with Crippen molar-refractivity contribution in [2.45, 2.75) is 51.1 Å². The van der Waals surface area contributed by atoms with Gasteiger partial charge in [0, 0.05) is 38.8 Å². The van der Waals surface area contributed by atoms with Gasteiger partial charge in [0.05, 0.1) is 5.56 Å². The van der Waals surface area contributed by atoms with E-state index in [0.29, 0.717) is 44.3 Å². The Morgan fingerprint density at radius 2 is 1.85 bits per heavy atom. The lowest BCUT2D eigenvalue weighted by molar-refractivity contribution is -0.137. The zero-order valence-corrected chi connectivity index (χ0v) is 15.0. The molecule has 1 aromatic rings. The number of nitrogens with zero attached hydrogens (tertiary/aromatic N) is 3. The van der Waals surface area contributed by atoms with Crippen molar-refractivity contribution >= 4 is 11.7 Å². The van der Waals surface area contributed by atoms with E-state index in [-0.39, 0.29) is 5.91 Å². The van der Waals surface area contributed by atoms with Crippen LogP contribution in [0.1, 0.15) is 50.5 Å². The van der Waals surface area contributed by atoms with Gasteiger partial charge in [-0.1, -0.05) is 25.7 Å². The molecule has 0 bridgehead atoms. The van der Waals surface area contributed by atoms with Crippen molar-refractivity contribution in [2.75, 3.05) is 31.1 Å². The van der Waals surface area contributed by atoms with Gasteiger partial charge in [0.25, 0.3) is 0 Å². The second kappa shape index (κ2) is 8.27. The third-order valence-electron chi connectivity index (χ3n) is 5.49. The molecule has 144 valence electrons. The lowest BCUT2D eigenvalue weighted by Gasteiger charge is -2.23. The summed E-state index contributed by atoms with van der Waals surface area (Å²) in [5, 5.41) is 0. The molecule has 0 radical (unpaired) electrons. The monoisotopic (exact) mass is 369 g/mol. The number of alkyl halides is 3. The first-order chi connectivity index (χ1) is 12.4. The van der Waals surface area contributed by atoms with Crippen molar-refractivity contribution in [3.05, 3.63) is 23.9 Å². The highest BCUT2D eigenvalue weighted by Gasteiger charge is 2.31. The number of halogens is 3. The Kier molecular flexibility index (Phi) is 6.04. The molecule has 0 atom stereocenters. The molecule has 1 aliphatic heterocycles. The zero-order chi connectivity index (χ0) is 18.6. The predicted molar refractivity (Wildman–Crippen MR) is 93.8 cm³/mol. The Morgan fingerprint density at radius 1 is 1.08 bits per heavy atom. The number of rotatable bonds is 4. The van der Waals surface area contributed by atoms with Crippen LogP contribution in [-0.4, -0.2) is 42.0 Å². The van der Waals surface area contributed by atoms with Crippen LogP contribution in [-0.2, 0) is 11.0 Å². The molecule has 1 saturated heterocycles. The fourth-order valence-electron chi connectivity index (χ4n) is 3.92. The summed E-state index contributed by atoms with van der Waals surface area (Å²) in [6.07, 6.45) is 3.99. The smallest absolute Gasteiger partial charge is 0.355 e. The molecule has 1 amide bonds. The summed E-state index contributed by atoms with van der Waals surface area (Å²) in [5.74, 6) is 1.45. The lowest BCUT2D eigenvalue weighted by atomic mass is 10.0. The maximum Gasteiger partial charge on any atom is 0.417 e. The largest absolute Gasteiger partial charge is 0.417 e. The molecule has 1 saturated carbocycles. The Bertz CT molecular complexity index is 597. The average Bonchev–Trinajstić information content (AvgIpc) is 3.01. The van der Waals surface area contributed by atoms with Crippen LogP contribution in [0.2, 0.25) is 0 Å². The third-order valence-corrected chi connectivity index (χ3v) is 5.49.